The van der Waals surface area contributed by atoms with Crippen LogP contribution in [0.15, 0.2) is 42.0 Å². The number of carbonyl (C=O) groups is 2. The fraction of sp³-hybridized carbons (Fsp3) is 0.821. The number of hydrogen-bond acceptors (Lipinski definition) is 17. The number of methoxy groups -OCH3 is 4. The summed E-state index contributed by atoms with van der Waals surface area (Å²) in [6.07, 6.45) is 0.353. The first-order valence-electron chi connectivity index (χ1n) is 27.1. The van der Waals surface area contributed by atoms with Crippen LogP contribution in [0.5, 0.6) is 0 Å². The molecule has 0 bridgehead atoms. The van der Waals surface area contributed by atoms with Gasteiger partial charge in [0.25, 0.3) is 0 Å². The smallest absolute Gasteiger partial charge is 0.338 e. The minimum absolute atomic E-state index is 0.0348. The fourth-order valence-electron chi connectivity index (χ4n) is 14.9. The van der Waals surface area contributed by atoms with Gasteiger partial charge >= 0.3 is 5.97 Å². The molecule has 3 saturated carbocycles. The monoisotopic (exact) mass is 1030 g/mol. The Morgan fingerprint density at radius 2 is 1.12 bits per heavy atom. The largest absolute Gasteiger partial charge is 0.458 e. The van der Waals surface area contributed by atoms with Gasteiger partial charge in [0.05, 0.1) is 66.1 Å². The Balaban J connectivity index is 0.793. The van der Waals surface area contributed by atoms with E-state index >= 15 is 0 Å². The van der Waals surface area contributed by atoms with E-state index in [1.165, 1.54) is 5.57 Å². The van der Waals surface area contributed by atoms with Crippen LogP contribution >= 0.6 is 0 Å². The number of fused-ring (bicyclic) bond motifs is 5. The highest BCUT2D eigenvalue weighted by atomic mass is 16.8. The molecule has 0 aromatic heterocycles. The molecule has 9 rings (SSSR count). The third-order valence-electron chi connectivity index (χ3n) is 19.1. The normalized spacial score (nSPS) is 47.9. The second-order valence-electron chi connectivity index (χ2n) is 22.9. The summed E-state index contributed by atoms with van der Waals surface area (Å²) in [5, 5.41) is 23.4. The van der Waals surface area contributed by atoms with Crippen molar-refractivity contribution in [3.05, 3.63) is 47.5 Å². The maximum absolute atomic E-state index is 13.7. The predicted octanol–water partition coefficient (Wildman–Crippen LogP) is 6.61. The van der Waals surface area contributed by atoms with Crippen molar-refractivity contribution in [1.82, 2.24) is 0 Å². The Hall–Kier alpha value is -2.46. The average molecular weight is 1030 g/mol. The summed E-state index contributed by atoms with van der Waals surface area (Å²) in [5.41, 5.74) is -0.558. The molecule has 4 aliphatic carbocycles. The second kappa shape index (κ2) is 22.5. The quantitative estimate of drug-likeness (QED) is 0.141. The van der Waals surface area contributed by atoms with E-state index < -0.39 is 103 Å². The lowest BCUT2D eigenvalue weighted by atomic mass is 9.45. The topological polar surface area (TPSA) is 195 Å². The lowest BCUT2D eigenvalue weighted by molar-refractivity contribution is -0.347. The molecule has 0 amide bonds. The van der Waals surface area contributed by atoms with Gasteiger partial charge in [0, 0.05) is 65.5 Å². The van der Waals surface area contributed by atoms with E-state index in [2.05, 4.69) is 13.0 Å². The van der Waals surface area contributed by atoms with Crippen LogP contribution < -0.4 is 0 Å². The van der Waals surface area contributed by atoms with Crippen LogP contribution in [0.1, 0.15) is 129 Å². The number of hydrogen-bond donors (Lipinski definition) is 2. The van der Waals surface area contributed by atoms with Gasteiger partial charge in [0.15, 0.2) is 25.2 Å². The Kier molecular flexibility index (Phi) is 17.0. The number of allylic oxidation sites excluding steroid dienone is 1. The molecule has 17 heteroatoms. The zero-order valence-corrected chi connectivity index (χ0v) is 44.9. The predicted molar refractivity (Wildman–Crippen MR) is 263 cm³/mol. The van der Waals surface area contributed by atoms with Crippen LogP contribution in [0.2, 0.25) is 0 Å². The van der Waals surface area contributed by atoms with Crippen molar-refractivity contribution in [3.63, 3.8) is 0 Å². The molecule has 8 aliphatic rings. The van der Waals surface area contributed by atoms with Gasteiger partial charge in [-0.15, -0.1) is 0 Å². The number of ether oxygens (including phenoxy) is 13. The van der Waals surface area contributed by atoms with Gasteiger partial charge < -0.3 is 71.8 Å². The SMILES string of the molecule is CO[C@H]1C[C@H](O[C@H]2CC[C@@]3(C)C(=CCC4C3C[C@@H](OC(=O)c3ccccc3)[C@]3(C)[C@@H](C(C)=O)CC[C@]43O)C2)O[C@H](C)[C@H]1O[C@H]1C[C@H](OC)[C@H](O[C@H]2C[C@H](OC)[C@H](O[C@H]3C[C@@H](OC)[C@H](O)[C@@H](C)O3)[C@@H](C)O2)[C@@H](C)O1. The Bertz CT molecular complexity index is 2080. The molecular weight excluding hydrogens is 945 g/mol. The van der Waals surface area contributed by atoms with Crippen LogP contribution in [0.3, 0.4) is 0 Å². The van der Waals surface area contributed by atoms with E-state index in [9.17, 15) is 19.8 Å². The zero-order chi connectivity index (χ0) is 52.1. The molecule has 1 aromatic rings. The molecule has 410 valence electrons. The first-order chi connectivity index (χ1) is 34.8. The van der Waals surface area contributed by atoms with Gasteiger partial charge in [-0.3, -0.25) is 4.79 Å². The second-order valence-corrected chi connectivity index (χ2v) is 22.9. The molecule has 4 aliphatic heterocycles. The molecule has 7 fully saturated rings. The van der Waals surface area contributed by atoms with E-state index in [4.69, 9.17) is 61.6 Å². The van der Waals surface area contributed by atoms with E-state index in [1.807, 2.05) is 45.9 Å². The first kappa shape index (κ1) is 55.3. The number of carbonyl (C=O) groups excluding carboxylic acids is 2. The zero-order valence-electron chi connectivity index (χ0n) is 44.9. The number of rotatable bonds is 15. The van der Waals surface area contributed by atoms with Crippen molar-refractivity contribution in [2.75, 3.05) is 28.4 Å². The maximum Gasteiger partial charge on any atom is 0.338 e. The lowest BCUT2D eigenvalue weighted by Gasteiger charge is -2.63. The summed E-state index contributed by atoms with van der Waals surface area (Å²) < 4.78 is 82.0. The van der Waals surface area contributed by atoms with Crippen molar-refractivity contribution in [1.29, 1.82) is 0 Å². The van der Waals surface area contributed by atoms with Gasteiger partial charge in [-0.1, -0.05) is 43.7 Å². The van der Waals surface area contributed by atoms with Crippen molar-refractivity contribution < 1.29 is 81.4 Å². The molecule has 24 atom stereocenters. The minimum atomic E-state index is -1.17. The summed E-state index contributed by atoms with van der Waals surface area (Å²) in [7, 11) is 6.56. The van der Waals surface area contributed by atoms with Crippen molar-refractivity contribution in [2.24, 2.45) is 28.6 Å². The highest BCUT2D eigenvalue weighted by Gasteiger charge is 2.71. The van der Waals surface area contributed by atoms with Gasteiger partial charge in [0.2, 0.25) is 0 Å². The number of benzene rings is 1. The third-order valence-corrected chi connectivity index (χ3v) is 19.1. The molecule has 73 heavy (non-hydrogen) atoms. The van der Waals surface area contributed by atoms with Crippen molar-refractivity contribution in [2.45, 2.75) is 235 Å². The third kappa shape index (κ3) is 10.5. The number of aliphatic hydroxyl groups excluding tert-OH is 1. The summed E-state index contributed by atoms with van der Waals surface area (Å²) in [4.78, 5) is 26.9. The standard InChI is InChI=1S/C56H84O17/c1-29(57)37-20-22-56(60)38-18-17-35-23-36(19-21-54(35,6)39(38)24-44(55(37,56)7)70-53(59)34-15-13-12-14-16-34)69-45-26-41(62-9)50(31(3)66-45)72-47-28-43(64-11)52(33(5)68-47)73-48-27-42(63-10)51(32(4)67-48)71-46-25-40(61-8)49(58)30(2)65-46/h12-17,30-33,36-52,58,60H,18-28H2,1-11H3/t30-,31-,32-,33-,36+,37-,38?,39?,40-,41+,42+,43+,44-,45+,46+,47+,48+,49-,50-,51-,52-,54+,55+,56+/m1/s1. The van der Waals surface area contributed by atoms with Crippen molar-refractivity contribution in [3.8, 4) is 0 Å². The molecule has 4 heterocycles. The number of esters is 1. The maximum atomic E-state index is 13.7. The summed E-state index contributed by atoms with van der Waals surface area (Å²) >= 11 is 0. The molecule has 0 spiro atoms. The van der Waals surface area contributed by atoms with E-state index in [-0.39, 0.29) is 53.6 Å². The highest BCUT2D eigenvalue weighted by molar-refractivity contribution is 5.89. The molecule has 1 aromatic carbocycles. The summed E-state index contributed by atoms with van der Waals surface area (Å²) in [5.74, 6) is -0.812. The fourth-order valence-corrected chi connectivity index (χ4v) is 14.9. The molecule has 17 nitrogen and oxygen atoms in total. The van der Waals surface area contributed by atoms with E-state index in [1.54, 1.807) is 54.4 Å². The lowest BCUT2D eigenvalue weighted by Crippen LogP contribution is -2.66. The Morgan fingerprint density at radius 3 is 1.63 bits per heavy atom. The van der Waals surface area contributed by atoms with Gasteiger partial charge in [0.1, 0.15) is 36.3 Å². The van der Waals surface area contributed by atoms with Crippen LogP contribution in [-0.4, -0.2) is 167 Å². The van der Waals surface area contributed by atoms with Crippen LogP contribution in [-0.2, 0) is 66.4 Å². The first-order valence-corrected chi connectivity index (χ1v) is 27.1. The molecule has 4 saturated heterocycles. The Morgan fingerprint density at radius 1 is 0.630 bits per heavy atom. The van der Waals surface area contributed by atoms with Crippen LogP contribution in [0.4, 0.5) is 0 Å². The van der Waals surface area contributed by atoms with Crippen LogP contribution in [0.25, 0.3) is 0 Å². The van der Waals surface area contributed by atoms with Gasteiger partial charge in [-0.2, -0.15) is 0 Å². The van der Waals surface area contributed by atoms with Crippen LogP contribution in [0, 0.1) is 28.6 Å². The van der Waals surface area contributed by atoms with Gasteiger partial charge in [-0.25, -0.2) is 4.79 Å². The number of Topliss-reactive ketones (excluding diaryl/α,β-unsaturated/α-hetero) is 1. The Labute approximate surface area is 431 Å². The van der Waals surface area contributed by atoms with E-state index in [0.29, 0.717) is 56.9 Å². The minimum Gasteiger partial charge on any atom is -0.458 e. The van der Waals surface area contributed by atoms with Gasteiger partial charge in [-0.05, 0) is 109 Å². The molecule has 2 unspecified atom stereocenters. The molecule has 0 radical (unpaired) electrons. The number of ketones is 1. The average Bonchev–Trinajstić information content (AvgIpc) is 3.66. The molecular formula is C56H84O17. The summed E-state index contributed by atoms with van der Waals surface area (Å²) in [6, 6.07) is 8.99. The highest BCUT2D eigenvalue weighted by Crippen LogP contribution is 2.69. The van der Waals surface area contributed by atoms with Crippen molar-refractivity contribution >= 4 is 11.8 Å². The molecule has 2 N–H and O–H groups in total. The van der Waals surface area contributed by atoms with E-state index in [0.717, 1.165) is 19.3 Å². The number of aliphatic hydroxyl groups is 2. The summed E-state index contributed by atoms with van der Waals surface area (Å²) in [6.45, 7) is 13.6.